The van der Waals surface area contributed by atoms with Gasteiger partial charge in [-0.25, -0.2) is 8.42 Å². The number of benzene rings is 2. The predicted octanol–water partition coefficient (Wildman–Crippen LogP) is 6.97. The van der Waals surface area contributed by atoms with Crippen LogP contribution in [-0.2, 0) is 36.0 Å². The molecule has 0 aliphatic carbocycles. The Labute approximate surface area is 241 Å². The highest BCUT2D eigenvalue weighted by molar-refractivity contribution is 7.91. The summed E-state index contributed by atoms with van der Waals surface area (Å²) < 4.78 is 35.8. The largest absolute Gasteiger partial charge is 0.496 e. The van der Waals surface area contributed by atoms with Crippen LogP contribution in [0.5, 0.6) is 5.75 Å². The molecular formula is C32H47NO6S. The van der Waals surface area contributed by atoms with Gasteiger partial charge in [-0.3, -0.25) is 9.59 Å². The summed E-state index contributed by atoms with van der Waals surface area (Å²) >= 11 is 0. The molecule has 8 heteroatoms. The zero-order valence-corrected chi connectivity index (χ0v) is 26.1. The molecule has 0 saturated heterocycles. The van der Waals surface area contributed by atoms with Crippen LogP contribution in [0.25, 0.3) is 0 Å². The molecule has 0 aromatic heterocycles. The number of amides is 1. The van der Waals surface area contributed by atoms with Crippen LogP contribution in [0.15, 0.2) is 41.3 Å². The van der Waals surface area contributed by atoms with Crippen molar-refractivity contribution in [3.8, 4) is 5.75 Å². The van der Waals surface area contributed by atoms with Crippen molar-refractivity contribution in [3.63, 3.8) is 0 Å². The highest BCUT2D eigenvalue weighted by atomic mass is 32.2. The van der Waals surface area contributed by atoms with Crippen molar-refractivity contribution >= 4 is 27.4 Å². The average molecular weight is 574 g/mol. The van der Waals surface area contributed by atoms with Gasteiger partial charge in [-0.2, -0.15) is 0 Å². The molecule has 7 nitrogen and oxygen atoms in total. The molecule has 0 aliphatic rings. The Kier molecular flexibility index (Phi) is 12.7. The molecular weight excluding hydrogens is 526 g/mol. The van der Waals surface area contributed by atoms with E-state index in [1.807, 2.05) is 25.1 Å². The number of carbonyl (C=O) groups is 2. The smallest absolute Gasteiger partial charge is 0.309 e. The zero-order chi connectivity index (χ0) is 29.9. The summed E-state index contributed by atoms with van der Waals surface area (Å²) in [4.78, 5) is 25.6. The van der Waals surface area contributed by atoms with E-state index in [4.69, 9.17) is 9.47 Å². The molecule has 1 amide bonds. The van der Waals surface area contributed by atoms with Gasteiger partial charge in [0.2, 0.25) is 5.91 Å². The molecule has 0 bridgehead atoms. The van der Waals surface area contributed by atoms with Gasteiger partial charge in [0, 0.05) is 12.1 Å². The van der Waals surface area contributed by atoms with Gasteiger partial charge >= 0.3 is 5.97 Å². The Hall–Kier alpha value is -2.87. The number of hydrogen-bond donors (Lipinski definition) is 1. The molecule has 222 valence electrons. The number of hydrogen-bond acceptors (Lipinski definition) is 6. The van der Waals surface area contributed by atoms with Gasteiger partial charge < -0.3 is 14.8 Å². The lowest BCUT2D eigenvalue weighted by Gasteiger charge is -2.25. The van der Waals surface area contributed by atoms with Crippen LogP contribution in [0.4, 0.5) is 5.69 Å². The van der Waals surface area contributed by atoms with Gasteiger partial charge in [0.15, 0.2) is 9.84 Å². The van der Waals surface area contributed by atoms with E-state index in [2.05, 4.69) is 33.0 Å². The maximum Gasteiger partial charge on any atom is 0.309 e. The van der Waals surface area contributed by atoms with E-state index in [-0.39, 0.29) is 46.7 Å². The second-order valence-electron chi connectivity index (χ2n) is 11.4. The third-order valence-corrected chi connectivity index (χ3v) is 8.97. The Morgan fingerprint density at radius 1 is 0.950 bits per heavy atom. The number of nitrogens with one attached hydrogen (secondary N) is 1. The number of ether oxygens (including phenoxy) is 2. The predicted molar refractivity (Wildman–Crippen MR) is 161 cm³/mol. The van der Waals surface area contributed by atoms with E-state index >= 15 is 0 Å². The first-order chi connectivity index (χ1) is 18.9. The maximum absolute atomic E-state index is 13.5. The number of sulfone groups is 1. The fraction of sp³-hybridized carbons (Fsp3) is 0.562. The minimum absolute atomic E-state index is 0.0729. The summed E-state index contributed by atoms with van der Waals surface area (Å²) in [5.41, 5.74) is 3.01. The van der Waals surface area contributed by atoms with Crippen LogP contribution in [0.2, 0.25) is 0 Å². The first kappa shape index (κ1) is 33.3. The van der Waals surface area contributed by atoms with Crippen molar-refractivity contribution in [2.75, 3.05) is 25.3 Å². The molecule has 1 N–H and O–H groups in total. The summed E-state index contributed by atoms with van der Waals surface area (Å²) in [5.74, 6) is -0.0777. The number of anilines is 1. The molecule has 2 aromatic carbocycles. The molecule has 0 fully saturated rings. The highest BCUT2D eigenvalue weighted by Gasteiger charge is 2.25. The van der Waals surface area contributed by atoms with Gasteiger partial charge in [-0.15, -0.1) is 0 Å². The highest BCUT2D eigenvalue weighted by Crippen LogP contribution is 2.36. The van der Waals surface area contributed by atoms with E-state index in [1.54, 1.807) is 18.2 Å². The van der Waals surface area contributed by atoms with Crippen molar-refractivity contribution in [2.24, 2.45) is 0 Å². The lowest BCUT2D eigenvalue weighted by atomic mass is 9.84. The van der Waals surface area contributed by atoms with Crippen molar-refractivity contribution in [2.45, 2.75) is 102 Å². The molecule has 2 aromatic rings. The summed E-state index contributed by atoms with van der Waals surface area (Å²) in [6, 6.07) is 10.7. The molecule has 0 radical (unpaired) electrons. The first-order valence-corrected chi connectivity index (χ1v) is 15.9. The van der Waals surface area contributed by atoms with Crippen LogP contribution in [-0.4, -0.2) is 40.3 Å². The summed E-state index contributed by atoms with van der Waals surface area (Å²) in [7, 11) is -0.509. The zero-order valence-electron chi connectivity index (χ0n) is 25.3. The number of carbonyl (C=O) groups excluding carboxylic acids is 2. The van der Waals surface area contributed by atoms with Crippen molar-refractivity contribution in [1.29, 1.82) is 0 Å². The molecule has 1 atom stereocenters. The minimum atomic E-state index is -3.40. The van der Waals surface area contributed by atoms with E-state index in [1.165, 1.54) is 14.2 Å². The summed E-state index contributed by atoms with van der Waals surface area (Å²) in [6.07, 6.45) is 5.88. The van der Waals surface area contributed by atoms with Gasteiger partial charge in [0.25, 0.3) is 0 Å². The van der Waals surface area contributed by atoms with Crippen molar-refractivity contribution in [1.82, 2.24) is 0 Å². The number of rotatable bonds is 15. The van der Waals surface area contributed by atoms with Gasteiger partial charge in [0.1, 0.15) is 5.75 Å². The summed E-state index contributed by atoms with van der Waals surface area (Å²) in [6.45, 7) is 10.2. The quantitative estimate of drug-likeness (QED) is 0.182. The molecule has 2 rings (SSSR count). The minimum Gasteiger partial charge on any atom is -0.496 e. The molecule has 0 saturated carbocycles. The van der Waals surface area contributed by atoms with Crippen LogP contribution in [0, 0.1) is 0 Å². The number of unbranched alkanes of at least 4 members (excludes halogenated alkanes) is 3. The second-order valence-corrected chi connectivity index (χ2v) is 13.5. The molecule has 0 heterocycles. The van der Waals surface area contributed by atoms with Crippen LogP contribution in [0.3, 0.4) is 0 Å². The Bertz CT molecular complexity index is 1250. The van der Waals surface area contributed by atoms with Crippen molar-refractivity contribution in [3.05, 3.63) is 53.1 Å². The third-order valence-electron chi connectivity index (χ3n) is 7.06. The van der Waals surface area contributed by atoms with E-state index < -0.39 is 9.84 Å². The lowest BCUT2D eigenvalue weighted by Crippen LogP contribution is -2.21. The summed E-state index contributed by atoms with van der Waals surface area (Å²) in [5, 5.41) is 3.11. The van der Waals surface area contributed by atoms with E-state index in [9.17, 15) is 18.0 Å². The lowest BCUT2D eigenvalue weighted by molar-refractivity contribution is -0.139. The SMILES string of the molecule is CCCCCCC(CC(=O)Nc1cc(CC(=O)OC)ccc1C(C)(C)C)c1ccc(S(=O)(=O)CCC)cc1OC. The van der Waals surface area contributed by atoms with E-state index in [0.717, 1.165) is 48.8 Å². The van der Waals surface area contributed by atoms with Gasteiger partial charge in [-0.05, 0) is 59.1 Å². The van der Waals surface area contributed by atoms with E-state index in [0.29, 0.717) is 17.9 Å². The van der Waals surface area contributed by atoms with Crippen molar-refractivity contribution < 1.29 is 27.5 Å². The first-order valence-electron chi connectivity index (χ1n) is 14.3. The fourth-order valence-corrected chi connectivity index (χ4v) is 6.25. The number of esters is 1. The molecule has 40 heavy (non-hydrogen) atoms. The van der Waals surface area contributed by atoms with Crippen LogP contribution < -0.4 is 10.1 Å². The average Bonchev–Trinajstić information content (AvgIpc) is 2.89. The fourth-order valence-electron chi connectivity index (χ4n) is 4.92. The normalized spacial score (nSPS) is 12.6. The Balaban J connectivity index is 2.40. The molecule has 0 spiro atoms. The Morgan fingerprint density at radius 2 is 1.68 bits per heavy atom. The molecule has 0 aliphatic heterocycles. The standard InChI is InChI=1S/C32H47NO6S/c1-8-10-11-12-13-24(26-16-15-25(22-29(26)38-6)40(36,37)18-9-2)21-30(34)33-28-19-23(20-31(35)39-7)14-17-27(28)32(3,4)5/h14-17,19,22,24H,8-13,18,20-21H2,1-7H3,(H,33,34). The second kappa shape index (κ2) is 15.2. The molecule has 1 unspecified atom stereocenters. The van der Waals surface area contributed by atoms with Crippen LogP contribution in [0.1, 0.15) is 102 Å². The van der Waals surface area contributed by atoms with Crippen LogP contribution >= 0.6 is 0 Å². The van der Waals surface area contributed by atoms with Gasteiger partial charge in [-0.1, -0.05) is 78.5 Å². The topological polar surface area (TPSA) is 98.8 Å². The monoisotopic (exact) mass is 573 g/mol. The Morgan fingerprint density at radius 3 is 2.27 bits per heavy atom. The third kappa shape index (κ3) is 9.65. The van der Waals surface area contributed by atoms with Gasteiger partial charge in [0.05, 0.1) is 31.3 Å². The maximum atomic E-state index is 13.5. The number of methoxy groups -OCH3 is 2.